The van der Waals surface area contributed by atoms with E-state index in [0.717, 1.165) is 13.0 Å². The molecular weight excluding hydrogens is 318 g/mol. The predicted molar refractivity (Wildman–Crippen MR) is 88.8 cm³/mol. The highest BCUT2D eigenvalue weighted by molar-refractivity contribution is 9.10. The third-order valence-electron chi connectivity index (χ3n) is 3.24. The molecule has 0 saturated carbocycles. The molecule has 19 heavy (non-hydrogen) atoms. The average Bonchev–Trinajstić information content (AvgIpc) is 2.87. The van der Waals surface area contributed by atoms with Crippen LogP contribution in [-0.4, -0.2) is 6.54 Å². The second-order valence-electron chi connectivity index (χ2n) is 4.63. The zero-order valence-corrected chi connectivity index (χ0v) is 13.9. The van der Waals surface area contributed by atoms with Gasteiger partial charge in [0.2, 0.25) is 0 Å². The Morgan fingerprint density at radius 1 is 1.16 bits per heavy atom. The first-order chi connectivity index (χ1) is 9.26. The second kappa shape index (κ2) is 7.22. The minimum Gasteiger partial charge on any atom is -0.310 e. The number of benzene rings is 1. The van der Waals surface area contributed by atoms with Crippen molar-refractivity contribution >= 4 is 27.3 Å². The SMILES string of the molecule is CCCNC(CC)c1ccc(-c2sccc2Br)cc1. The van der Waals surface area contributed by atoms with Gasteiger partial charge >= 0.3 is 0 Å². The molecule has 0 aliphatic rings. The Labute approximate surface area is 128 Å². The van der Waals surface area contributed by atoms with Crippen LogP contribution in [0.25, 0.3) is 10.4 Å². The summed E-state index contributed by atoms with van der Waals surface area (Å²) in [5, 5.41) is 5.71. The van der Waals surface area contributed by atoms with Crippen LogP contribution in [0.15, 0.2) is 40.2 Å². The van der Waals surface area contributed by atoms with E-state index in [4.69, 9.17) is 0 Å². The fraction of sp³-hybridized carbons (Fsp3) is 0.375. The van der Waals surface area contributed by atoms with E-state index in [9.17, 15) is 0 Å². The van der Waals surface area contributed by atoms with Crippen molar-refractivity contribution < 1.29 is 0 Å². The molecule has 1 atom stereocenters. The van der Waals surface area contributed by atoms with Crippen molar-refractivity contribution in [2.24, 2.45) is 0 Å². The van der Waals surface area contributed by atoms with Gasteiger partial charge in [-0.15, -0.1) is 11.3 Å². The first-order valence-electron chi connectivity index (χ1n) is 6.83. The number of nitrogens with one attached hydrogen (secondary N) is 1. The van der Waals surface area contributed by atoms with Gasteiger partial charge in [0, 0.05) is 15.4 Å². The lowest BCUT2D eigenvalue weighted by atomic mass is 10.0. The van der Waals surface area contributed by atoms with Crippen LogP contribution in [0.2, 0.25) is 0 Å². The molecule has 102 valence electrons. The first-order valence-corrected chi connectivity index (χ1v) is 8.50. The Hall–Kier alpha value is -0.640. The fourth-order valence-electron chi connectivity index (χ4n) is 2.18. The van der Waals surface area contributed by atoms with Gasteiger partial charge in [0.05, 0.1) is 0 Å². The standard InChI is InChI=1S/C16H20BrNS/c1-3-10-18-15(4-2)12-5-7-13(8-6-12)16-14(17)9-11-19-16/h5-9,11,15,18H,3-4,10H2,1-2H3. The first kappa shape index (κ1) is 14.8. The molecule has 1 unspecified atom stereocenters. The maximum absolute atomic E-state index is 3.60. The molecule has 3 heteroatoms. The number of halogens is 1. The van der Waals surface area contributed by atoms with Crippen LogP contribution in [0.5, 0.6) is 0 Å². The van der Waals surface area contributed by atoms with Crippen molar-refractivity contribution in [2.45, 2.75) is 32.7 Å². The van der Waals surface area contributed by atoms with Crippen molar-refractivity contribution in [1.29, 1.82) is 0 Å². The highest BCUT2D eigenvalue weighted by Gasteiger charge is 2.09. The largest absolute Gasteiger partial charge is 0.310 e. The zero-order valence-electron chi connectivity index (χ0n) is 11.4. The fourth-order valence-corrected chi connectivity index (χ4v) is 3.79. The number of rotatable bonds is 6. The molecule has 0 spiro atoms. The summed E-state index contributed by atoms with van der Waals surface area (Å²) < 4.78 is 1.18. The Kier molecular flexibility index (Phi) is 5.61. The Morgan fingerprint density at radius 3 is 2.42 bits per heavy atom. The molecule has 0 bridgehead atoms. The Balaban J connectivity index is 2.15. The lowest BCUT2D eigenvalue weighted by molar-refractivity contribution is 0.518. The molecule has 0 aliphatic carbocycles. The van der Waals surface area contributed by atoms with Gasteiger partial charge in [-0.2, -0.15) is 0 Å². The summed E-state index contributed by atoms with van der Waals surface area (Å²) in [7, 11) is 0. The molecule has 0 fully saturated rings. The maximum Gasteiger partial charge on any atom is 0.0484 e. The van der Waals surface area contributed by atoms with E-state index in [1.165, 1.54) is 26.9 Å². The van der Waals surface area contributed by atoms with Gasteiger partial charge in [-0.25, -0.2) is 0 Å². The van der Waals surface area contributed by atoms with Crippen LogP contribution in [0.3, 0.4) is 0 Å². The second-order valence-corrected chi connectivity index (χ2v) is 6.41. The highest BCUT2D eigenvalue weighted by atomic mass is 79.9. The van der Waals surface area contributed by atoms with E-state index in [-0.39, 0.29) is 0 Å². The number of hydrogen-bond donors (Lipinski definition) is 1. The molecule has 1 N–H and O–H groups in total. The van der Waals surface area contributed by atoms with E-state index >= 15 is 0 Å². The molecule has 1 heterocycles. The van der Waals surface area contributed by atoms with Crippen molar-refractivity contribution in [1.82, 2.24) is 5.32 Å². The van der Waals surface area contributed by atoms with Crippen LogP contribution in [-0.2, 0) is 0 Å². The summed E-state index contributed by atoms with van der Waals surface area (Å²) >= 11 is 5.37. The van der Waals surface area contributed by atoms with E-state index in [2.05, 4.69) is 70.8 Å². The Morgan fingerprint density at radius 2 is 1.89 bits per heavy atom. The van der Waals surface area contributed by atoms with Crippen LogP contribution < -0.4 is 5.32 Å². The third kappa shape index (κ3) is 3.68. The molecule has 0 saturated heterocycles. The lowest BCUT2D eigenvalue weighted by Crippen LogP contribution is -2.21. The molecule has 0 amide bonds. The molecule has 1 aromatic carbocycles. The van der Waals surface area contributed by atoms with E-state index in [0.29, 0.717) is 6.04 Å². The summed E-state index contributed by atoms with van der Waals surface area (Å²) in [5.41, 5.74) is 2.67. The summed E-state index contributed by atoms with van der Waals surface area (Å²) in [6, 6.07) is 11.5. The smallest absolute Gasteiger partial charge is 0.0484 e. The van der Waals surface area contributed by atoms with Crippen molar-refractivity contribution in [3.63, 3.8) is 0 Å². The van der Waals surface area contributed by atoms with Gasteiger partial charge in [-0.05, 0) is 57.9 Å². The van der Waals surface area contributed by atoms with Crippen LogP contribution >= 0.6 is 27.3 Å². The quantitative estimate of drug-likeness (QED) is 0.720. The molecule has 0 aliphatic heterocycles. The topological polar surface area (TPSA) is 12.0 Å². The van der Waals surface area contributed by atoms with Gasteiger partial charge in [0.15, 0.2) is 0 Å². The highest BCUT2D eigenvalue weighted by Crippen LogP contribution is 2.34. The van der Waals surface area contributed by atoms with Gasteiger partial charge in [-0.3, -0.25) is 0 Å². The maximum atomic E-state index is 3.60. The zero-order chi connectivity index (χ0) is 13.7. The molecule has 1 aromatic heterocycles. The summed E-state index contributed by atoms with van der Waals surface area (Å²) in [5.74, 6) is 0. The summed E-state index contributed by atoms with van der Waals surface area (Å²) in [6.45, 7) is 5.52. The normalized spacial score (nSPS) is 12.6. The summed E-state index contributed by atoms with van der Waals surface area (Å²) in [4.78, 5) is 1.31. The molecular formula is C16H20BrNS. The van der Waals surface area contributed by atoms with Gasteiger partial charge < -0.3 is 5.32 Å². The minimum absolute atomic E-state index is 0.473. The van der Waals surface area contributed by atoms with Crippen LogP contribution in [0.1, 0.15) is 38.3 Å². The van der Waals surface area contributed by atoms with Crippen molar-refractivity contribution in [3.8, 4) is 10.4 Å². The Bertz CT molecular complexity index is 504. The molecule has 1 nitrogen and oxygen atoms in total. The lowest BCUT2D eigenvalue weighted by Gasteiger charge is -2.17. The van der Waals surface area contributed by atoms with Gasteiger partial charge in [0.1, 0.15) is 0 Å². The predicted octanol–water partition coefficient (Wildman–Crippen LogP) is 5.63. The van der Waals surface area contributed by atoms with E-state index in [1.807, 2.05) is 0 Å². The molecule has 0 radical (unpaired) electrons. The van der Waals surface area contributed by atoms with Gasteiger partial charge in [0.25, 0.3) is 0 Å². The van der Waals surface area contributed by atoms with Gasteiger partial charge in [-0.1, -0.05) is 38.1 Å². The van der Waals surface area contributed by atoms with Crippen molar-refractivity contribution in [2.75, 3.05) is 6.54 Å². The van der Waals surface area contributed by atoms with Crippen LogP contribution in [0.4, 0.5) is 0 Å². The summed E-state index contributed by atoms with van der Waals surface area (Å²) in [6.07, 6.45) is 2.30. The monoisotopic (exact) mass is 337 g/mol. The average molecular weight is 338 g/mol. The molecule has 2 aromatic rings. The van der Waals surface area contributed by atoms with E-state index in [1.54, 1.807) is 11.3 Å². The van der Waals surface area contributed by atoms with Crippen molar-refractivity contribution in [3.05, 3.63) is 45.7 Å². The number of hydrogen-bond acceptors (Lipinski definition) is 2. The van der Waals surface area contributed by atoms with E-state index < -0.39 is 0 Å². The third-order valence-corrected chi connectivity index (χ3v) is 5.13. The van der Waals surface area contributed by atoms with Crippen LogP contribution in [0, 0.1) is 0 Å². The minimum atomic E-state index is 0.473. The number of thiophene rings is 1. The molecule has 2 rings (SSSR count).